The molecule has 5 N–H and O–H groups in total. The summed E-state index contributed by atoms with van der Waals surface area (Å²) in [5.41, 5.74) is 0.678. The Kier molecular flexibility index (Phi) is 6.28. The van der Waals surface area contributed by atoms with Gasteiger partial charge in [0.2, 0.25) is 0 Å². The zero-order valence-corrected chi connectivity index (χ0v) is 14.1. The number of nitrogens with one attached hydrogen (secondary N) is 3. The standard InChI is InChI=1S/C16H15N3O6S/c20-12(15(23)24)19-13-11(14(21)22)6-10(26-13)8-18-16(25)17-7-9-4-2-1-3-5-9/h1-6H,7-8H2,(H,19,20)(H,21,22)(H,23,24)(H2,17,18,25). The van der Waals surface area contributed by atoms with Gasteiger partial charge < -0.3 is 26.2 Å². The molecule has 0 radical (unpaired) electrons. The predicted molar refractivity (Wildman–Crippen MR) is 93.1 cm³/mol. The molecule has 0 saturated heterocycles. The normalized spacial score (nSPS) is 10.0. The maximum Gasteiger partial charge on any atom is 0.394 e. The van der Waals surface area contributed by atoms with Crippen molar-refractivity contribution in [2.24, 2.45) is 0 Å². The first-order chi connectivity index (χ1) is 12.4. The first-order valence-corrected chi connectivity index (χ1v) is 8.14. The van der Waals surface area contributed by atoms with Gasteiger partial charge in [-0.15, -0.1) is 11.3 Å². The molecule has 10 heteroatoms. The summed E-state index contributed by atoms with van der Waals surface area (Å²) in [4.78, 5) is 45.2. The van der Waals surface area contributed by atoms with Gasteiger partial charge >= 0.3 is 23.9 Å². The number of urea groups is 1. The highest BCUT2D eigenvalue weighted by molar-refractivity contribution is 7.16. The second kappa shape index (κ2) is 8.62. The van der Waals surface area contributed by atoms with Crippen molar-refractivity contribution in [1.82, 2.24) is 10.6 Å². The number of aromatic carboxylic acids is 1. The van der Waals surface area contributed by atoms with Crippen molar-refractivity contribution in [3.8, 4) is 0 Å². The summed E-state index contributed by atoms with van der Waals surface area (Å²) >= 11 is 0.871. The first-order valence-electron chi connectivity index (χ1n) is 7.32. The van der Waals surface area contributed by atoms with Crippen LogP contribution in [0.4, 0.5) is 9.80 Å². The fourth-order valence-corrected chi connectivity index (χ4v) is 2.93. The van der Waals surface area contributed by atoms with Crippen LogP contribution in [-0.2, 0) is 22.7 Å². The van der Waals surface area contributed by atoms with Crippen molar-refractivity contribution in [2.45, 2.75) is 13.1 Å². The molecule has 9 nitrogen and oxygen atoms in total. The molecule has 0 aliphatic rings. The van der Waals surface area contributed by atoms with E-state index in [0.717, 1.165) is 16.9 Å². The van der Waals surface area contributed by atoms with E-state index in [1.165, 1.54) is 6.07 Å². The number of amides is 3. The van der Waals surface area contributed by atoms with Crippen molar-refractivity contribution in [3.05, 3.63) is 52.4 Å². The summed E-state index contributed by atoms with van der Waals surface area (Å²) in [5.74, 6) is -4.38. The summed E-state index contributed by atoms with van der Waals surface area (Å²) in [6, 6.07) is 10.1. The SMILES string of the molecule is O=C(NCc1ccccc1)NCc1cc(C(=O)O)c(NC(=O)C(=O)O)s1. The van der Waals surface area contributed by atoms with Crippen LogP contribution in [0.3, 0.4) is 0 Å². The van der Waals surface area contributed by atoms with Gasteiger partial charge in [0, 0.05) is 11.4 Å². The van der Waals surface area contributed by atoms with E-state index in [2.05, 4.69) is 10.6 Å². The number of carboxylic acid groups (broad SMARTS) is 2. The van der Waals surface area contributed by atoms with Crippen LogP contribution in [0.25, 0.3) is 0 Å². The lowest BCUT2D eigenvalue weighted by atomic mass is 10.2. The van der Waals surface area contributed by atoms with E-state index in [0.29, 0.717) is 11.4 Å². The van der Waals surface area contributed by atoms with Crippen molar-refractivity contribution < 1.29 is 29.4 Å². The van der Waals surface area contributed by atoms with Gasteiger partial charge in [0.25, 0.3) is 0 Å². The summed E-state index contributed by atoms with van der Waals surface area (Å²) in [6.07, 6.45) is 0. The quantitative estimate of drug-likeness (QED) is 0.482. The van der Waals surface area contributed by atoms with Crippen LogP contribution in [0.5, 0.6) is 0 Å². The molecule has 0 saturated carbocycles. The van der Waals surface area contributed by atoms with Crippen LogP contribution < -0.4 is 16.0 Å². The minimum atomic E-state index is -1.73. The van der Waals surface area contributed by atoms with Gasteiger partial charge in [-0.3, -0.25) is 4.79 Å². The Morgan fingerprint density at radius 3 is 2.23 bits per heavy atom. The predicted octanol–water partition coefficient (Wildman–Crippen LogP) is 1.47. The number of carboxylic acids is 2. The fraction of sp³-hybridized carbons (Fsp3) is 0.125. The zero-order valence-electron chi connectivity index (χ0n) is 13.3. The number of thiophene rings is 1. The van der Waals surface area contributed by atoms with E-state index in [4.69, 9.17) is 10.2 Å². The number of carbonyl (C=O) groups is 4. The molecule has 0 atom stereocenters. The van der Waals surface area contributed by atoms with Crippen molar-refractivity contribution in [2.75, 3.05) is 5.32 Å². The van der Waals surface area contributed by atoms with Gasteiger partial charge in [-0.05, 0) is 11.6 Å². The molecule has 26 heavy (non-hydrogen) atoms. The minimum Gasteiger partial charge on any atom is -0.478 e. The fourth-order valence-electron chi connectivity index (χ4n) is 1.95. The van der Waals surface area contributed by atoms with Gasteiger partial charge in [-0.2, -0.15) is 0 Å². The highest BCUT2D eigenvalue weighted by Crippen LogP contribution is 2.28. The smallest absolute Gasteiger partial charge is 0.394 e. The van der Waals surface area contributed by atoms with Gasteiger partial charge in [-0.25, -0.2) is 14.4 Å². The molecule has 0 aliphatic carbocycles. The van der Waals surface area contributed by atoms with Crippen LogP contribution in [0.15, 0.2) is 36.4 Å². The third kappa shape index (κ3) is 5.31. The maximum absolute atomic E-state index is 11.8. The molecule has 136 valence electrons. The Morgan fingerprint density at radius 1 is 0.962 bits per heavy atom. The van der Waals surface area contributed by atoms with Crippen LogP contribution >= 0.6 is 11.3 Å². The van der Waals surface area contributed by atoms with E-state index in [1.54, 1.807) is 0 Å². The molecule has 2 rings (SSSR count). The van der Waals surface area contributed by atoms with Crippen molar-refractivity contribution >= 4 is 40.2 Å². The minimum absolute atomic E-state index is 0.0223. The molecule has 0 fully saturated rings. The Labute approximate surface area is 151 Å². The zero-order chi connectivity index (χ0) is 19.1. The molecule has 0 bridgehead atoms. The number of anilines is 1. The number of benzene rings is 1. The molecule has 0 unspecified atom stereocenters. The van der Waals surface area contributed by atoms with Gasteiger partial charge in [-0.1, -0.05) is 30.3 Å². The number of rotatable bonds is 6. The number of carbonyl (C=O) groups excluding carboxylic acids is 2. The molecule has 0 aliphatic heterocycles. The number of hydrogen-bond donors (Lipinski definition) is 5. The summed E-state index contributed by atoms with van der Waals surface area (Å²) in [7, 11) is 0. The second-order valence-corrected chi connectivity index (χ2v) is 6.18. The second-order valence-electron chi connectivity index (χ2n) is 5.04. The lowest BCUT2D eigenvalue weighted by Crippen LogP contribution is -2.34. The van der Waals surface area contributed by atoms with E-state index in [-0.39, 0.29) is 17.1 Å². The molecule has 1 aromatic heterocycles. The molecule has 1 heterocycles. The Hall–Kier alpha value is -3.40. The summed E-state index contributed by atoms with van der Waals surface area (Å²) < 4.78 is 0. The summed E-state index contributed by atoms with van der Waals surface area (Å²) in [6.45, 7) is 0.353. The largest absolute Gasteiger partial charge is 0.478 e. The van der Waals surface area contributed by atoms with Gasteiger partial charge in [0.05, 0.1) is 12.1 Å². The highest BCUT2D eigenvalue weighted by atomic mass is 32.1. The van der Waals surface area contributed by atoms with E-state index in [1.807, 2.05) is 35.6 Å². The van der Waals surface area contributed by atoms with Crippen LogP contribution in [-0.4, -0.2) is 34.1 Å². The Bertz CT molecular complexity index is 834. The molecule has 0 spiro atoms. The molecule has 1 aromatic carbocycles. The highest BCUT2D eigenvalue weighted by Gasteiger charge is 2.20. The van der Waals surface area contributed by atoms with Crippen LogP contribution in [0.2, 0.25) is 0 Å². The van der Waals surface area contributed by atoms with Crippen molar-refractivity contribution in [1.29, 1.82) is 0 Å². The van der Waals surface area contributed by atoms with Gasteiger partial charge in [0.1, 0.15) is 5.00 Å². The number of aliphatic carboxylic acids is 1. The van der Waals surface area contributed by atoms with Gasteiger partial charge in [0.15, 0.2) is 0 Å². The molecular formula is C16H15N3O6S. The van der Waals surface area contributed by atoms with Crippen molar-refractivity contribution in [3.63, 3.8) is 0 Å². The molecule has 3 amide bonds. The lowest BCUT2D eigenvalue weighted by Gasteiger charge is -2.06. The average molecular weight is 377 g/mol. The van der Waals surface area contributed by atoms with Crippen LogP contribution in [0.1, 0.15) is 20.8 Å². The monoisotopic (exact) mass is 377 g/mol. The van der Waals surface area contributed by atoms with Crippen LogP contribution in [0, 0.1) is 0 Å². The average Bonchev–Trinajstić information content (AvgIpc) is 3.02. The Morgan fingerprint density at radius 2 is 1.62 bits per heavy atom. The Balaban J connectivity index is 1.94. The van der Waals surface area contributed by atoms with E-state index >= 15 is 0 Å². The third-order valence-electron chi connectivity index (χ3n) is 3.15. The maximum atomic E-state index is 11.8. The molecule has 2 aromatic rings. The topological polar surface area (TPSA) is 145 Å². The third-order valence-corrected chi connectivity index (χ3v) is 4.20. The summed E-state index contributed by atoms with van der Waals surface area (Å²) in [5, 5.41) is 24.8. The van der Waals surface area contributed by atoms with E-state index < -0.39 is 23.9 Å². The molecular weight excluding hydrogens is 362 g/mol. The lowest BCUT2D eigenvalue weighted by molar-refractivity contribution is -0.147. The first kappa shape index (κ1) is 18.9. The van der Waals surface area contributed by atoms with E-state index in [9.17, 15) is 19.2 Å². The number of hydrogen-bond acceptors (Lipinski definition) is 5.